The number of rotatable bonds is 7. The Bertz CT molecular complexity index is 945. The highest BCUT2D eigenvalue weighted by Gasteiger charge is 2.10. The number of aromatic nitrogens is 2. The zero-order valence-electron chi connectivity index (χ0n) is 15.5. The molecule has 0 atom stereocenters. The first-order valence-corrected chi connectivity index (χ1v) is 8.81. The summed E-state index contributed by atoms with van der Waals surface area (Å²) in [5, 5.41) is 6.41. The number of nitrogens with one attached hydrogen (secondary N) is 2. The van der Waals surface area contributed by atoms with Gasteiger partial charge in [-0.25, -0.2) is 4.98 Å². The standard InChI is InChI=1S/C22H22N4O/c1-4-13-23-21-20(17-9-11-19(12-10-17)27-5-2)15-24-22(26-21)25-18-8-6-7-16(3)14-18/h1,6-12,14-15H,5,13H2,2-3H3,(H2,23,24,25,26). The molecule has 0 saturated heterocycles. The Balaban J connectivity index is 1.90. The van der Waals surface area contributed by atoms with Crippen LogP contribution in [-0.4, -0.2) is 23.1 Å². The first-order valence-electron chi connectivity index (χ1n) is 8.81. The minimum Gasteiger partial charge on any atom is -0.494 e. The van der Waals surface area contributed by atoms with Crippen LogP contribution < -0.4 is 15.4 Å². The maximum absolute atomic E-state index is 5.50. The Morgan fingerprint density at radius 3 is 2.67 bits per heavy atom. The zero-order chi connectivity index (χ0) is 19.1. The summed E-state index contributed by atoms with van der Waals surface area (Å²) in [5.74, 6) is 4.61. The van der Waals surface area contributed by atoms with Crippen LogP contribution in [0.3, 0.4) is 0 Å². The van der Waals surface area contributed by atoms with Crippen molar-refractivity contribution in [2.75, 3.05) is 23.8 Å². The molecule has 0 fully saturated rings. The maximum atomic E-state index is 5.50. The zero-order valence-corrected chi connectivity index (χ0v) is 15.5. The van der Waals surface area contributed by atoms with Gasteiger partial charge in [0.2, 0.25) is 5.95 Å². The van der Waals surface area contributed by atoms with Crippen LogP contribution in [0.4, 0.5) is 17.5 Å². The van der Waals surface area contributed by atoms with Crippen molar-refractivity contribution in [3.63, 3.8) is 0 Å². The molecule has 0 bridgehead atoms. The van der Waals surface area contributed by atoms with E-state index in [0.29, 0.717) is 24.9 Å². The molecule has 0 unspecified atom stereocenters. The van der Waals surface area contributed by atoms with E-state index in [4.69, 9.17) is 11.2 Å². The second-order valence-corrected chi connectivity index (χ2v) is 5.97. The molecule has 3 aromatic rings. The molecule has 0 saturated carbocycles. The van der Waals surface area contributed by atoms with Crippen molar-refractivity contribution in [2.24, 2.45) is 0 Å². The molecular weight excluding hydrogens is 336 g/mol. The summed E-state index contributed by atoms with van der Waals surface area (Å²) in [5.41, 5.74) is 3.96. The summed E-state index contributed by atoms with van der Waals surface area (Å²) in [6.45, 7) is 5.02. The molecule has 5 heteroatoms. The normalized spacial score (nSPS) is 10.1. The topological polar surface area (TPSA) is 59.1 Å². The first-order chi connectivity index (χ1) is 13.2. The van der Waals surface area contributed by atoms with Crippen LogP contribution in [0, 0.1) is 19.3 Å². The molecule has 1 heterocycles. The van der Waals surface area contributed by atoms with Crippen LogP contribution in [0.1, 0.15) is 12.5 Å². The molecule has 136 valence electrons. The van der Waals surface area contributed by atoms with Gasteiger partial charge in [0.05, 0.1) is 13.2 Å². The molecule has 0 radical (unpaired) electrons. The number of anilines is 3. The number of hydrogen-bond donors (Lipinski definition) is 2. The number of nitrogens with zero attached hydrogens (tertiary/aromatic N) is 2. The largest absolute Gasteiger partial charge is 0.494 e. The van der Waals surface area contributed by atoms with E-state index in [1.165, 1.54) is 0 Å². The molecule has 0 aliphatic rings. The lowest BCUT2D eigenvalue weighted by atomic mass is 10.1. The van der Waals surface area contributed by atoms with Gasteiger partial charge in [0.15, 0.2) is 0 Å². The monoisotopic (exact) mass is 358 g/mol. The van der Waals surface area contributed by atoms with Crippen molar-refractivity contribution in [1.29, 1.82) is 0 Å². The van der Waals surface area contributed by atoms with E-state index in [0.717, 1.165) is 28.1 Å². The lowest BCUT2D eigenvalue weighted by molar-refractivity contribution is 0.340. The van der Waals surface area contributed by atoms with Gasteiger partial charge in [-0.1, -0.05) is 30.2 Å². The summed E-state index contributed by atoms with van der Waals surface area (Å²) in [6.07, 6.45) is 7.20. The molecule has 0 amide bonds. The van der Waals surface area contributed by atoms with E-state index in [2.05, 4.69) is 26.5 Å². The summed E-state index contributed by atoms with van der Waals surface area (Å²) >= 11 is 0. The molecule has 27 heavy (non-hydrogen) atoms. The average Bonchev–Trinajstić information content (AvgIpc) is 2.67. The van der Waals surface area contributed by atoms with Gasteiger partial charge in [-0.3, -0.25) is 0 Å². The molecule has 2 N–H and O–H groups in total. The third-order valence-corrected chi connectivity index (χ3v) is 3.90. The molecule has 1 aromatic heterocycles. The fraction of sp³-hybridized carbons (Fsp3) is 0.182. The molecular formula is C22H22N4O. The van der Waals surface area contributed by atoms with E-state index >= 15 is 0 Å². The Morgan fingerprint density at radius 2 is 1.96 bits per heavy atom. The van der Waals surface area contributed by atoms with Crippen LogP contribution in [0.2, 0.25) is 0 Å². The summed E-state index contributed by atoms with van der Waals surface area (Å²) in [6, 6.07) is 15.9. The average molecular weight is 358 g/mol. The predicted octanol–water partition coefficient (Wildman–Crippen LogP) is 4.64. The second kappa shape index (κ2) is 8.72. The van der Waals surface area contributed by atoms with Crippen LogP contribution in [0.5, 0.6) is 5.75 Å². The number of benzene rings is 2. The van der Waals surface area contributed by atoms with Gasteiger partial charge in [0.25, 0.3) is 0 Å². The second-order valence-electron chi connectivity index (χ2n) is 5.97. The van der Waals surface area contributed by atoms with Gasteiger partial charge in [-0.15, -0.1) is 6.42 Å². The van der Waals surface area contributed by atoms with Gasteiger partial charge in [0.1, 0.15) is 11.6 Å². The van der Waals surface area contributed by atoms with Crippen LogP contribution in [0.25, 0.3) is 11.1 Å². The van der Waals surface area contributed by atoms with Gasteiger partial charge >= 0.3 is 0 Å². The summed E-state index contributed by atoms with van der Waals surface area (Å²) < 4.78 is 5.50. The highest BCUT2D eigenvalue weighted by Crippen LogP contribution is 2.29. The van der Waals surface area contributed by atoms with Crippen LogP contribution in [-0.2, 0) is 0 Å². The minimum atomic E-state index is 0.380. The van der Waals surface area contributed by atoms with Crippen molar-refractivity contribution >= 4 is 17.5 Å². The summed E-state index contributed by atoms with van der Waals surface area (Å²) in [4.78, 5) is 9.07. The van der Waals surface area contributed by atoms with Crippen LogP contribution in [0.15, 0.2) is 54.7 Å². The lowest BCUT2D eigenvalue weighted by Crippen LogP contribution is -2.06. The van der Waals surface area contributed by atoms with Gasteiger partial charge in [-0.2, -0.15) is 4.98 Å². The van der Waals surface area contributed by atoms with E-state index in [9.17, 15) is 0 Å². The molecule has 0 spiro atoms. The van der Waals surface area contributed by atoms with Crippen molar-refractivity contribution in [3.8, 4) is 29.2 Å². The number of aryl methyl sites for hydroxylation is 1. The number of ether oxygens (including phenoxy) is 1. The van der Waals surface area contributed by atoms with Crippen molar-refractivity contribution in [1.82, 2.24) is 9.97 Å². The quantitative estimate of drug-likeness (QED) is 0.603. The maximum Gasteiger partial charge on any atom is 0.229 e. The predicted molar refractivity (Wildman–Crippen MR) is 110 cm³/mol. The first kappa shape index (κ1) is 18.3. The smallest absolute Gasteiger partial charge is 0.229 e. The Labute approximate surface area is 159 Å². The fourth-order valence-corrected chi connectivity index (χ4v) is 2.67. The highest BCUT2D eigenvalue weighted by molar-refractivity contribution is 5.76. The van der Waals surface area contributed by atoms with E-state index in [-0.39, 0.29) is 0 Å². The van der Waals surface area contributed by atoms with E-state index < -0.39 is 0 Å². The van der Waals surface area contributed by atoms with E-state index in [1.54, 1.807) is 6.20 Å². The molecule has 2 aromatic carbocycles. The van der Waals surface area contributed by atoms with Gasteiger partial charge < -0.3 is 15.4 Å². The molecule has 3 rings (SSSR count). The molecule has 0 aliphatic carbocycles. The van der Waals surface area contributed by atoms with Gasteiger partial charge in [-0.05, 0) is 49.2 Å². The Hall–Kier alpha value is -3.52. The molecule has 5 nitrogen and oxygen atoms in total. The Kier molecular flexibility index (Phi) is 5.91. The number of terminal acetylenes is 1. The van der Waals surface area contributed by atoms with Crippen LogP contribution >= 0.6 is 0 Å². The van der Waals surface area contributed by atoms with Crippen molar-refractivity contribution in [3.05, 3.63) is 60.3 Å². The summed E-state index contributed by atoms with van der Waals surface area (Å²) in [7, 11) is 0. The van der Waals surface area contributed by atoms with Crippen molar-refractivity contribution < 1.29 is 4.74 Å². The molecule has 0 aliphatic heterocycles. The third-order valence-electron chi connectivity index (χ3n) is 3.90. The third kappa shape index (κ3) is 4.77. The SMILES string of the molecule is C#CCNc1nc(Nc2cccc(C)c2)ncc1-c1ccc(OCC)cc1. The fourth-order valence-electron chi connectivity index (χ4n) is 2.67. The van der Waals surface area contributed by atoms with E-state index in [1.807, 2.05) is 62.4 Å². The highest BCUT2D eigenvalue weighted by atomic mass is 16.5. The number of hydrogen-bond acceptors (Lipinski definition) is 5. The Morgan fingerprint density at radius 1 is 1.15 bits per heavy atom. The lowest BCUT2D eigenvalue weighted by Gasteiger charge is -2.13. The van der Waals surface area contributed by atoms with Gasteiger partial charge in [0, 0.05) is 17.4 Å². The minimum absolute atomic E-state index is 0.380. The van der Waals surface area contributed by atoms with Crippen molar-refractivity contribution in [2.45, 2.75) is 13.8 Å².